The van der Waals surface area contributed by atoms with E-state index in [-0.39, 0.29) is 17.2 Å². The van der Waals surface area contributed by atoms with Crippen LogP contribution in [0, 0.1) is 30.1 Å². The fourth-order valence-electron chi connectivity index (χ4n) is 7.11. The summed E-state index contributed by atoms with van der Waals surface area (Å²) >= 11 is 1.66. The number of fused-ring (bicyclic) bond motifs is 1. The van der Waals surface area contributed by atoms with Crippen molar-refractivity contribution in [1.29, 1.82) is 0 Å². The molecule has 4 bridgehead atoms. The fraction of sp³-hybridized carbons (Fsp3) is 0.520. The maximum absolute atomic E-state index is 13.0. The van der Waals surface area contributed by atoms with E-state index in [1.807, 2.05) is 23.1 Å². The average Bonchev–Trinajstić information content (AvgIpc) is 3.41. The summed E-state index contributed by atoms with van der Waals surface area (Å²) in [5.74, 6) is 1.99. The van der Waals surface area contributed by atoms with Crippen molar-refractivity contribution in [3.05, 3.63) is 45.9 Å². The van der Waals surface area contributed by atoms with Crippen LogP contribution in [0.2, 0.25) is 0 Å². The zero-order valence-electron chi connectivity index (χ0n) is 18.8. The molecule has 4 saturated carbocycles. The number of nitrogens with zero attached hydrogens (tertiary/aromatic N) is 3. The van der Waals surface area contributed by atoms with Crippen molar-refractivity contribution < 1.29 is 9.59 Å². The summed E-state index contributed by atoms with van der Waals surface area (Å²) in [4.78, 5) is 31.6. The molecule has 4 aliphatic carbocycles. The van der Waals surface area contributed by atoms with E-state index < -0.39 is 0 Å². The summed E-state index contributed by atoms with van der Waals surface area (Å²) in [7, 11) is 0. The van der Waals surface area contributed by atoms with E-state index in [4.69, 9.17) is 0 Å². The van der Waals surface area contributed by atoms with Crippen LogP contribution in [0.3, 0.4) is 0 Å². The Balaban J connectivity index is 1.14. The summed E-state index contributed by atoms with van der Waals surface area (Å²) in [6.45, 7) is 2.48. The second kappa shape index (κ2) is 7.94. The number of carbonyl (C=O) groups excluding carboxylic acids is 2. The molecule has 3 aromatic rings. The molecule has 3 aromatic heterocycles. The molecular weight excluding hydrogens is 434 g/mol. The Morgan fingerprint density at radius 3 is 2.55 bits per heavy atom. The summed E-state index contributed by atoms with van der Waals surface area (Å²) in [6, 6.07) is 5.82. The quantitative estimate of drug-likeness (QED) is 0.555. The second-order valence-electron chi connectivity index (χ2n) is 10.5. The van der Waals surface area contributed by atoms with E-state index in [0.717, 1.165) is 23.4 Å². The second-order valence-corrected chi connectivity index (χ2v) is 11.6. The molecule has 8 heteroatoms. The molecule has 3 heterocycles. The molecule has 2 N–H and O–H groups in total. The highest BCUT2D eigenvalue weighted by molar-refractivity contribution is 7.09. The number of thiophene rings is 1. The molecule has 0 aromatic carbocycles. The molecule has 2 amide bonds. The van der Waals surface area contributed by atoms with Crippen LogP contribution in [0.25, 0.3) is 11.0 Å². The summed E-state index contributed by atoms with van der Waals surface area (Å²) < 4.78 is 1.82. The van der Waals surface area contributed by atoms with Gasteiger partial charge in [-0.15, -0.1) is 11.3 Å². The minimum absolute atomic E-state index is 0.0827. The van der Waals surface area contributed by atoms with Crippen LogP contribution in [-0.4, -0.2) is 26.6 Å². The van der Waals surface area contributed by atoms with Crippen LogP contribution in [0.5, 0.6) is 0 Å². The number of pyridine rings is 1. The lowest BCUT2D eigenvalue weighted by molar-refractivity contribution is -0.130. The van der Waals surface area contributed by atoms with E-state index in [0.29, 0.717) is 29.6 Å². The lowest BCUT2D eigenvalue weighted by atomic mass is 9.49. The predicted molar refractivity (Wildman–Crippen MR) is 127 cm³/mol. The molecule has 0 spiro atoms. The fourth-order valence-corrected chi connectivity index (χ4v) is 7.80. The number of nitrogens with one attached hydrogen (secondary N) is 2. The van der Waals surface area contributed by atoms with Crippen molar-refractivity contribution in [2.45, 2.75) is 58.4 Å². The Labute approximate surface area is 196 Å². The first-order chi connectivity index (χ1) is 16.0. The summed E-state index contributed by atoms with van der Waals surface area (Å²) in [6.07, 6.45) is 9.79. The number of aryl methyl sites for hydroxylation is 1. The van der Waals surface area contributed by atoms with Gasteiger partial charge in [0.2, 0.25) is 5.91 Å². The third-order valence-corrected chi connectivity index (χ3v) is 8.74. The van der Waals surface area contributed by atoms with Gasteiger partial charge in [0.15, 0.2) is 5.65 Å². The number of hydrogen-bond donors (Lipinski definition) is 2. The number of carbonyl (C=O) groups is 2. The molecule has 33 heavy (non-hydrogen) atoms. The average molecular weight is 464 g/mol. The Bertz CT molecular complexity index is 1180. The van der Waals surface area contributed by atoms with Crippen molar-refractivity contribution in [2.75, 3.05) is 0 Å². The van der Waals surface area contributed by atoms with Crippen molar-refractivity contribution >= 4 is 34.2 Å². The lowest BCUT2D eigenvalue weighted by Crippen LogP contribution is -2.50. The third kappa shape index (κ3) is 3.94. The van der Waals surface area contributed by atoms with Gasteiger partial charge in [-0.05, 0) is 86.1 Å². The number of amides is 2. The highest BCUT2D eigenvalue weighted by atomic mass is 32.1. The molecule has 172 valence electrons. The van der Waals surface area contributed by atoms with E-state index in [9.17, 15) is 9.59 Å². The maximum Gasteiger partial charge on any atom is 0.270 e. The zero-order chi connectivity index (χ0) is 22.6. The van der Waals surface area contributed by atoms with Gasteiger partial charge in [0.1, 0.15) is 0 Å². The van der Waals surface area contributed by atoms with E-state index in [2.05, 4.69) is 27.0 Å². The van der Waals surface area contributed by atoms with Gasteiger partial charge in [-0.25, -0.2) is 9.67 Å². The minimum Gasteiger partial charge on any atom is -0.273 e. The molecule has 0 saturated heterocycles. The van der Waals surface area contributed by atoms with Gasteiger partial charge >= 0.3 is 0 Å². The monoisotopic (exact) mass is 463 g/mol. The lowest BCUT2D eigenvalue weighted by Gasteiger charge is -2.56. The molecule has 4 fully saturated rings. The Morgan fingerprint density at radius 2 is 1.88 bits per heavy atom. The van der Waals surface area contributed by atoms with E-state index in [1.54, 1.807) is 23.6 Å². The normalized spacial score (nSPS) is 27.7. The van der Waals surface area contributed by atoms with Gasteiger partial charge in [0.25, 0.3) is 5.91 Å². The van der Waals surface area contributed by atoms with Gasteiger partial charge in [0, 0.05) is 17.0 Å². The molecule has 7 nitrogen and oxygen atoms in total. The number of hydrogen-bond acceptors (Lipinski definition) is 5. The van der Waals surface area contributed by atoms with Crippen molar-refractivity contribution in [3.63, 3.8) is 0 Å². The van der Waals surface area contributed by atoms with Gasteiger partial charge in [-0.1, -0.05) is 6.07 Å². The van der Waals surface area contributed by atoms with Crippen molar-refractivity contribution in [2.24, 2.45) is 23.2 Å². The number of rotatable bonds is 5. The molecular formula is C25H29N5O2S. The Kier molecular flexibility index (Phi) is 5.01. The zero-order valence-corrected chi connectivity index (χ0v) is 19.7. The number of hydrazine groups is 1. The molecule has 7 rings (SSSR count). The molecule has 0 radical (unpaired) electrons. The van der Waals surface area contributed by atoms with Crippen LogP contribution in [0.15, 0.2) is 29.8 Å². The van der Waals surface area contributed by atoms with Gasteiger partial charge in [-0.2, -0.15) is 5.10 Å². The van der Waals surface area contributed by atoms with Crippen LogP contribution in [0.4, 0.5) is 0 Å². The topological polar surface area (TPSA) is 88.9 Å². The van der Waals surface area contributed by atoms with Gasteiger partial charge in [0.05, 0.1) is 23.7 Å². The van der Waals surface area contributed by atoms with Crippen LogP contribution in [0.1, 0.15) is 65.9 Å². The first-order valence-electron chi connectivity index (χ1n) is 11.9. The predicted octanol–water partition coefficient (Wildman–Crippen LogP) is 4.22. The Hall–Kier alpha value is -2.74. The SMILES string of the molecule is Cc1cc(C(=O)NNC(=O)CC23CC4CC(CC(C4)C2)C3)c2cnn(Cc3cccs3)c2n1. The van der Waals surface area contributed by atoms with E-state index in [1.165, 1.54) is 43.4 Å². The van der Waals surface area contributed by atoms with Crippen LogP contribution < -0.4 is 10.9 Å². The van der Waals surface area contributed by atoms with Crippen LogP contribution >= 0.6 is 11.3 Å². The molecule has 4 aliphatic rings. The van der Waals surface area contributed by atoms with Gasteiger partial charge in [-0.3, -0.25) is 20.4 Å². The smallest absolute Gasteiger partial charge is 0.270 e. The first-order valence-corrected chi connectivity index (χ1v) is 12.8. The summed E-state index contributed by atoms with van der Waals surface area (Å²) in [5, 5.41) is 7.18. The van der Waals surface area contributed by atoms with E-state index >= 15 is 0 Å². The molecule has 0 unspecified atom stereocenters. The first kappa shape index (κ1) is 20.8. The number of aromatic nitrogens is 3. The van der Waals surface area contributed by atoms with Gasteiger partial charge < -0.3 is 0 Å². The molecule has 0 aliphatic heterocycles. The largest absolute Gasteiger partial charge is 0.273 e. The Morgan fingerprint density at radius 1 is 1.15 bits per heavy atom. The summed E-state index contributed by atoms with van der Waals surface area (Å²) in [5.41, 5.74) is 7.39. The van der Waals surface area contributed by atoms with Crippen LogP contribution in [-0.2, 0) is 11.3 Å². The maximum atomic E-state index is 13.0. The van der Waals surface area contributed by atoms with Crippen molar-refractivity contribution in [3.8, 4) is 0 Å². The highest BCUT2D eigenvalue weighted by Crippen LogP contribution is 2.61. The standard InChI is InChI=1S/C25H29N5O2S/c1-15-5-20(21-13-26-30(23(21)27-15)14-19-3-2-4-33-19)24(32)29-28-22(31)12-25-9-16-6-17(10-25)8-18(7-16)11-25/h2-5,13,16-18H,6-12,14H2,1H3,(H,28,31)(H,29,32). The third-order valence-electron chi connectivity index (χ3n) is 7.88. The highest BCUT2D eigenvalue weighted by Gasteiger charge is 2.51. The minimum atomic E-state index is -0.333. The molecule has 0 atom stereocenters. The van der Waals surface area contributed by atoms with Crippen molar-refractivity contribution in [1.82, 2.24) is 25.6 Å².